The maximum absolute atomic E-state index is 5.26. The summed E-state index contributed by atoms with van der Waals surface area (Å²) in [4.78, 5) is 2.26. The van der Waals surface area contributed by atoms with Crippen LogP contribution in [0.25, 0.3) is 0 Å². The first-order valence-electron chi connectivity index (χ1n) is 5.45. The molecule has 0 aliphatic carbocycles. The van der Waals surface area contributed by atoms with Gasteiger partial charge < -0.3 is 15.0 Å². The Balaban J connectivity index is 3.79. The number of likely N-dealkylation sites (N-methyl/N-ethyl adjacent to an activating group) is 1. The minimum absolute atomic E-state index is 0.273. The van der Waals surface area contributed by atoms with Gasteiger partial charge in [0.05, 0.1) is 6.10 Å². The normalized spacial score (nSPS) is 18.2. The van der Waals surface area contributed by atoms with Crippen LogP contribution in [-0.2, 0) is 4.74 Å². The van der Waals surface area contributed by atoms with Crippen molar-refractivity contribution in [3.05, 3.63) is 0 Å². The van der Waals surface area contributed by atoms with Gasteiger partial charge in [0.25, 0.3) is 0 Å². The summed E-state index contributed by atoms with van der Waals surface area (Å²) in [5.74, 6) is 0. The smallest absolute Gasteiger partial charge is 0.0693 e. The van der Waals surface area contributed by atoms with E-state index in [1.165, 1.54) is 6.42 Å². The van der Waals surface area contributed by atoms with Gasteiger partial charge in [0.2, 0.25) is 0 Å². The first-order chi connectivity index (χ1) is 6.52. The predicted molar refractivity (Wildman–Crippen MR) is 61.7 cm³/mol. The maximum Gasteiger partial charge on any atom is 0.0693 e. The molecule has 0 saturated carbocycles. The van der Waals surface area contributed by atoms with Gasteiger partial charge >= 0.3 is 0 Å². The molecule has 1 N–H and O–H groups in total. The lowest BCUT2D eigenvalue weighted by atomic mass is 10.1. The van der Waals surface area contributed by atoms with Crippen LogP contribution < -0.4 is 5.32 Å². The van der Waals surface area contributed by atoms with Crippen LogP contribution in [0.2, 0.25) is 0 Å². The van der Waals surface area contributed by atoms with Crippen LogP contribution in [0.5, 0.6) is 0 Å². The molecular formula is C11H26N2O. The SMILES string of the molecule is CCC(CNC(C)C(C)OC)N(C)C. The van der Waals surface area contributed by atoms with E-state index in [1.807, 2.05) is 0 Å². The Morgan fingerprint density at radius 1 is 1.29 bits per heavy atom. The number of rotatable bonds is 7. The summed E-state index contributed by atoms with van der Waals surface area (Å²) < 4.78 is 5.26. The summed E-state index contributed by atoms with van der Waals surface area (Å²) in [5, 5.41) is 3.50. The Hall–Kier alpha value is -0.120. The van der Waals surface area contributed by atoms with Crippen LogP contribution in [0.1, 0.15) is 27.2 Å². The van der Waals surface area contributed by atoms with Crippen LogP contribution in [0.15, 0.2) is 0 Å². The molecule has 3 unspecified atom stereocenters. The molecule has 0 aromatic heterocycles. The molecule has 0 fully saturated rings. The number of hydrogen-bond donors (Lipinski definition) is 1. The molecule has 0 rings (SSSR count). The lowest BCUT2D eigenvalue weighted by Gasteiger charge is -2.27. The van der Waals surface area contributed by atoms with E-state index < -0.39 is 0 Å². The fourth-order valence-corrected chi connectivity index (χ4v) is 1.38. The van der Waals surface area contributed by atoms with Gasteiger partial charge in [0.1, 0.15) is 0 Å². The average Bonchev–Trinajstić information content (AvgIpc) is 2.16. The van der Waals surface area contributed by atoms with Gasteiger partial charge in [-0.1, -0.05) is 6.92 Å². The molecule has 3 nitrogen and oxygen atoms in total. The van der Waals surface area contributed by atoms with Crippen molar-refractivity contribution in [2.24, 2.45) is 0 Å². The molecule has 0 aliphatic rings. The fourth-order valence-electron chi connectivity index (χ4n) is 1.38. The summed E-state index contributed by atoms with van der Waals surface area (Å²) in [6.45, 7) is 7.50. The average molecular weight is 202 g/mol. The summed E-state index contributed by atoms with van der Waals surface area (Å²) in [6.07, 6.45) is 1.45. The van der Waals surface area contributed by atoms with E-state index in [2.05, 4.69) is 45.1 Å². The third-order valence-electron chi connectivity index (χ3n) is 2.95. The molecule has 0 radical (unpaired) electrons. The van der Waals surface area contributed by atoms with E-state index in [4.69, 9.17) is 4.74 Å². The van der Waals surface area contributed by atoms with Gasteiger partial charge in [-0.3, -0.25) is 0 Å². The lowest BCUT2D eigenvalue weighted by molar-refractivity contribution is 0.0858. The lowest BCUT2D eigenvalue weighted by Crippen LogP contribution is -2.44. The van der Waals surface area contributed by atoms with Crippen molar-refractivity contribution in [1.29, 1.82) is 0 Å². The van der Waals surface area contributed by atoms with E-state index in [0.717, 1.165) is 6.54 Å². The fraction of sp³-hybridized carbons (Fsp3) is 1.00. The number of nitrogens with zero attached hydrogens (tertiary/aromatic N) is 1. The second kappa shape index (κ2) is 7.21. The third-order valence-corrected chi connectivity index (χ3v) is 2.95. The second-order valence-electron chi connectivity index (χ2n) is 4.16. The molecular weight excluding hydrogens is 176 g/mol. The minimum atomic E-state index is 0.273. The standard InChI is InChI=1S/C11H26N2O/c1-7-11(13(4)5)8-12-9(2)10(3)14-6/h9-12H,7-8H2,1-6H3. The number of hydrogen-bond acceptors (Lipinski definition) is 3. The summed E-state index contributed by atoms with van der Waals surface area (Å²) in [7, 11) is 6.01. The number of methoxy groups -OCH3 is 1. The van der Waals surface area contributed by atoms with Crippen molar-refractivity contribution in [3.63, 3.8) is 0 Å². The molecule has 0 heterocycles. The van der Waals surface area contributed by atoms with Crippen LogP contribution in [-0.4, -0.2) is 50.8 Å². The van der Waals surface area contributed by atoms with Gasteiger partial charge in [-0.05, 0) is 34.4 Å². The van der Waals surface area contributed by atoms with Gasteiger partial charge in [-0.25, -0.2) is 0 Å². The molecule has 0 aliphatic heterocycles. The van der Waals surface area contributed by atoms with Crippen molar-refractivity contribution < 1.29 is 4.74 Å². The Kier molecular flexibility index (Phi) is 7.15. The van der Waals surface area contributed by atoms with Gasteiger partial charge in [0, 0.05) is 25.7 Å². The predicted octanol–water partition coefficient (Wildman–Crippen LogP) is 1.34. The molecule has 0 amide bonds. The highest BCUT2D eigenvalue weighted by atomic mass is 16.5. The summed E-state index contributed by atoms with van der Waals surface area (Å²) in [5.41, 5.74) is 0. The molecule has 0 aromatic rings. The summed E-state index contributed by atoms with van der Waals surface area (Å²) >= 11 is 0. The largest absolute Gasteiger partial charge is 0.380 e. The Morgan fingerprint density at radius 2 is 1.86 bits per heavy atom. The van der Waals surface area contributed by atoms with E-state index >= 15 is 0 Å². The molecule has 14 heavy (non-hydrogen) atoms. The highest BCUT2D eigenvalue weighted by molar-refractivity contribution is 4.73. The van der Waals surface area contributed by atoms with E-state index in [0.29, 0.717) is 12.1 Å². The highest BCUT2D eigenvalue weighted by Gasteiger charge is 2.13. The Labute approximate surface area is 88.8 Å². The highest BCUT2D eigenvalue weighted by Crippen LogP contribution is 2.00. The minimum Gasteiger partial charge on any atom is -0.380 e. The van der Waals surface area contributed by atoms with E-state index in [-0.39, 0.29) is 6.10 Å². The van der Waals surface area contributed by atoms with Crippen molar-refractivity contribution in [1.82, 2.24) is 10.2 Å². The van der Waals surface area contributed by atoms with Crippen molar-refractivity contribution >= 4 is 0 Å². The van der Waals surface area contributed by atoms with Crippen molar-refractivity contribution in [3.8, 4) is 0 Å². The topological polar surface area (TPSA) is 24.5 Å². The zero-order valence-electron chi connectivity index (χ0n) is 10.5. The molecule has 86 valence electrons. The van der Waals surface area contributed by atoms with Crippen LogP contribution in [0.3, 0.4) is 0 Å². The van der Waals surface area contributed by atoms with Crippen molar-refractivity contribution in [2.75, 3.05) is 27.7 Å². The van der Waals surface area contributed by atoms with E-state index in [1.54, 1.807) is 7.11 Å². The van der Waals surface area contributed by atoms with Crippen LogP contribution in [0.4, 0.5) is 0 Å². The molecule has 0 aromatic carbocycles. The molecule has 0 spiro atoms. The molecule has 0 bridgehead atoms. The zero-order valence-corrected chi connectivity index (χ0v) is 10.5. The Bertz CT molecular complexity index is 139. The van der Waals surface area contributed by atoms with Gasteiger partial charge in [0.15, 0.2) is 0 Å². The van der Waals surface area contributed by atoms with Crippen LogP contribution >= 0.6 is 0 Å². The van der Waals surface area contributed by atoms with Crippen molar-refractivity contribution in [2.45, 2.75) is 45.4 Å². The molecule has 3 heteroatoms. The first kappa shape index (κ1) is 13.9. The second-order valence-corrected chi connectivity index (χ2v) is 4.16. The zero-order chi connectivity index (χ0) is 11.1. The third kappa shape index (κ3) is 4.94. The van der Waals surface area contributed by atoms with Gasteiger partial charge in [-0.2, -0.15) is 0 Å². The quantitative estimate of drug-likeness (QED) is 0.674. The number of ether oxygens (including phenoxy) is 1. The maximum atomic E-state index is 5.26. The molecule has 3 atom stereocenters. The Morgan fingerprint density at radius 3 is 2.21 bits per heavy atom. The first-order valence-corrected chi connectivity index (χ1v) is 5.45. The molecule has 0 saturated heterocycles. The monoisotopic (exact) mass is 202 g/mol. The van der Waals surface area contributed by atoms with Gasteiger partial charge in [-0.15, -0.1) is 0 Å². The van der Waals surface area contributed by atoms with E-state index in [9.17, 15) is 0 Å². The van der Waals surface area contributed by atoms with Crippen LogP contribution in [0, 0.1) is 0 Å². The number of nitrogens with one attached hydrogen (secondary N) is 1. The summed E-state index contributed by atoms with van der Waals surface area (Å²) in [6, 6.07) is 1.02.